The lowest BCUT2D eigenvalue weighted by Gasteiger charge is -2.42. The zero-order valence-corrected chi connectivity index (χ0v) is 19.4. The minimum Gasteiger partial charge on any atom is -0.381 e. The van der Waals surface area contributed by atoms with Crippen LogP contribution in [0.3, 0.4) is 0 Å². The van der Waals surface area contributed by atoms with Gasteiger partial charge in [0, 0.05) is 50.5 Å². The molecule has 0 saturated carbocycles. The number of likely N-dealkylation sites (N-methyl/N-ethyl adjacent to an activating group) is 1. The molecular weight excluding hydrogens is 374 g/mol. The van der Waals surface area contributed by atoms with E-state index in [0.717, 1.165) is 71.0 Å². The number of aliphatic imine (C=N–C) groups is 1. The number of nitrogens with zero attached hydrogens (tertiary/aromatic N) is 3. The lowest BCUT2D eigenvalue weighted by atomic mass is 9.89. The monoisotopic (exact) mass is 415 g/mol. The van der Waals surface area contributed by atoms with E-state index in [4.69, 9.17) is 9.73 Å². The van der Waals surface area contributed by atoms with Crippen molar-refractivity contribution in [3.8, 4) is 0 Å². The number of piperidine rings is 1. The average Bonchev–Trinajstić information content (AvgIpc) is 2.75. The van der Waals surface area contributed by atoms with E-state index in [0.29, 0.717) is 12.1 Å². The molecule has 168 valence electrons. The Morgan fingerprint density at radius 1 is 1.23 bits per heavy atom. The molecule has 1 aromatic carbocycles. The summed E-state index contributed by atoms with van der Waals surface area (Å²) >= 11 is 0. The van der Waals surface area contributed by atoms with Crippen LogP contribution in [0.15, 0.2) is 35.3 Å². The largest absolute Gasteiger partial charge is 0.381 e. The van der Waals surface area contributed by atoms with Crippen LogP contribution < -0.4 is 10.6 Å². The summed E-state index contributed by atoms with van der Waals surface area (Å²) < 4.78 is 5.60. The van der Waals surface area contributed by atoms with Gasteiger partial charge in [-0.1, -0.05) is 30.3 Å². The van der Waals surface area contributed by atoms with Gasteiger partial charge in [-0.2, -0.15) is 0 Å². The van der Waals surface area contributed by atoms with Crippen molar-refractivity contribution in [2.24, 2.45) is 4.99 Å². The Balaban J connectivity index is 1.56. The molecule has 6 nitrogen and oxygen atoms in total. The molecule has 0 radical (unpaired) electrons. The lowest BCUT2D eigenvalue weighted by molar-refractivity contribution is -0.00256. The maximum Gasteiger partial charge on any atom is 0.191 e. The number of nitrogens with one attached hydrogen (secondary N) is 2. The fourth-order valence-corrected chi connectivity index (χ4v) is 4.64. The van der Waals surface area contributed by atoms with Crippen molar-refractivity contribution in [3.05, 3.63) is 35.9 Å². The van der Waals surface area contributed by atoms with Gasteiger partial charge in [-0.15, -0.1) is 0 Å². The van der Waals surface area contributed by atoms with Crippen molar-refractivity contribution in [3.63, 3.8) is 0 Å². The molecule has 1 aromatic rings. The summed E-state index contributed by atoms with van der Waals surface area (Å²) in [4.78, 5) is 9.96. The third-order valence-electron chi connectivity index (χ3n) is 6.83. The standard InChI is InChI=1S/C24H41N5O/c1-5-25-23(26-19-24(28(3)4)12-15-30-16-13-24)27-22-11-14-29(20(2)17-22)18-21-9-7-6-8-10-21/h6-10,20,22H,5,11-19H2,1-4H3,(H2,25,26,27). The number of likely N-dealkylation sites (tertiary alicyclic amines) is 1. The minimum absolute atomic E-state index is 0.104. The molecule has 6 heteroatoms. The van der Waals surface area contributed by atoms with E-state index in [1.807, 2.05) is 0 Å². The van der Waals surface area contributed by atoms with Gasteiger partial charge in [0.15, 0.2) is 5.96 Å². The Kier molecular flexibility index (Phi) is 8.54. The highest BCUT2D eigenvalue weighted by atomic mass is 16.5. The molecule has 30 heavy (non-hydrogen) atoms. The first kappa shape index (κ1) is 23.0. The van der Waals surface area contributed by atoms with Gasteiger partial charge in [0.1, 0.15) is 0 Å². The highest BCUT2D eigenvalue weighted by Crippen LogP contribution is 2.26. The van der Waals surface area contributed by atoms with E-state index < -0.39 is 0 Å². The van der Waals surface area contributed by atoms with Gasteiger partial charge in [0.2, 0.25) is 0 Å². The summed E-state index contributed by atoms with van der Waals surface area (Å²) in [6, 6.07) is 11.8. The van der Waals surface area contributed by atoms with E-state index in [9.17, 15) is 0 Å². The first-order valence-electron chi connectivity index (χ1n) is 11.6. The van der Waals surface area contributed by atoms with Crippen molar-refractivity contribution >= 4 is 5.96 Å². The third-order valence-corrected chi connectivity index (χ3v) is 6.83. The van der Waals surface area contributed by atoms with Crippen molar-refractivity contribution < 1.29 is 4.74 Å². The van der Waals surface area contributed by atoms with E-state index in [1.54, 1.807) is 0 Å². The fraction of sp³-hybridized carbons (Fsp3) is 0.708. The van der Waals surface area contributed by atoms with Crippen molar-refractivity contribution in [1.82, 2.24) is 20.4 Å². The summed E-state index contributed by atoms with van der Waals surface area (Å²) in [7, 11) is 4.34. The molecule has 0 spiro atoms. The topological polar surface area (TPSA) is 52.1 Å². The summed E-state index contributed by atoms with van der Waals surface area (Å²) in [6.07, 6.45) is 4.37. The van der Waals surface area contributed by atoms with Gasteiger partial charge < -0.3 is 20.3 Å². The molecule has 0 amide bonds. The van der Waals surface area contributed by atoms with Crippen molar-refractivity contribution in [2.45, 2.75) is 63.7 Å². The second-order valence-electron chi connectivity index (χ2n) is 9.10. The highest BCUT2D eigenvalue weighted by molar-refractivity contribution is 5.80. The maximum absolute atomic E-state index is 5.60. The predicted octanol–water partition coefficient (Wildman–Crippen LogP) is 2.71. The second-order valence-corrected chi connectivity index (χ2v) is 9.10. The molecule has 2 heterocycles. The maximum atomic E-state index is 5.60. The highest BCUT2D eigenvalue weighted by Gasteiger charge is 2.35. The smallest absolute Gasteiger partial charge is 0.191 e. The molecule has 2 aliphatic rings. The molecular formula is C24H41N5O. The molecule has 2 fully saturated rings. The Morgan fingerprint density at radius 3 is 2.60 bits per heavy atom. The average molecular weight is 416 g/mol. The van der Waals surface area contributed by atoms with Crippen molar-refractivity contribution in [2.75, 3.05) is 46.9 Å². The molecule has 3 rings (SSSR count). The predicted molar refractivity (Wildman–Crippen MR) is 125 cm³/mol. The number of guanidine groups is 1. The molecule has 2 atom stereocenters. The quantitative estimate of drug-likeness (QED) is 0.530. The van der Waals surface area contributed by atoms with Gasteiger partial charge in [-0.25, -0.2) is 0 Å². The Bertz CT molecular complexity index is 657. The van der Waals surface area contributed by atoms with Crippen molar-refractivity contribution in [1.29, 1.82) is 0 Å². The van der Waals surface area contributed by atoms with Crippen LogP contribution >= 0.6 is 0 Å². The second kappa shape index (κ2) is 11.1. The number of hydrogen-bond acceptors (Lipinski definition) is 4. The fourth-order valence-electron chi connectivity index (χ4n) is 4.64. The molecule has 2 aliphatic heterocycles. The summed E-state index contributed by atoms with van der Waals surface area (Å²) in [5, 5.41) is 7.20. The molecule has 2 unspecified atom stereocenters. The molecule has 0 aliphatic carbocycles. The van der Waals surface area contributed by atoms with Gasteiger partial charge in [0.25, 0.3) is 0 Å². The summed E-state index contributed by atoms with van der Waals surface area (Å²) in [5.74, 6) is 0.957. The minimum atomic E-state index is 0.104. The molecule has 0 bridgehead atoms. The molecule has 2 N–H and O–H groups in total. The van der Waals surface area contributed by atoms with Crippen LogP contribution in [0.2, 0.25) is 0 Å². The Labute approximate surface area is 183 Å². The van der Waals surface area contributed by atoms with Crippen LogP contribution in [0.25, 0.3) is 0 Å². The number of ether oxygens (including phenoxy) is 1. The Morgan fingerprint density at radius 2 is 1.97 bits per heavy atom. The Hall–Kier alpha value is -1.63. The van der Waals surface area contributed by atoms with Crippen LogP contribution in [-0.4, -0.2) is 80.3 Å². The van der Waals surface area contributed by atoms with Crippen LogP contribution in [-0.2, 0) is 11.3 Å². The molecule has 2 saturated heterocycles. The number of benzene rings is 1. The third kappa shape index (κ3) is 6.19. The van der Waals surface area contributed by atoms with Gasteiger partial charge in [-0.3, -0.25) is 9.89 Å². The van der Waals surface area contributed by atoms with E-state index in [2.05, 4.69) is 78.7 Å². The van der Waals surface area contributed by atoms with E-state index in [1.165, 1.54) is 5.56 Å². The van der Waals surface area contributed by atoms with Gasteiger partial charge in [0.05, 0.1) is 6.54 Å². The number of hydrogen-bond donors (Lipinski definition) is 2. The number of rotatable bonds is 7. The first-order valence-corrected chi connectivity index (χ1v) is 11.6. The van der Waals surface area contributed by atoms with Gasteiger partial charge in [-0.05, 0) is 59.2 Å². The summed E-state index contributed by atoms with van der Waals surface area (Å²) in [5.41, 5.74) is 1.50. The van der Waals surface area contributed by atoms with Crippen LogP contribution in [0.1, 0.15) is 45.1 Å². The zero-order valence-electron chi connectivity index (χ0n) is 19.4. The van der Waals surface area contributed by atoms with Crippen LogP contribution in [0.5, 0.6) is 0 Å². The van der Waals surface area contributed by atoms with Crippen LogP contribution in [0.4, 0.5) is 0 Å². The molecule has 0 aromatic heterocycles. The van der Waals surface area contributed by atoms with Crippen LogP contribution in [0, 0.1) is 0 Å². The van der Waals surface area contributed by atoms with Gasteiger partial charge >= 0.3 is 0 Å². The summed E-state index contributed by atoms with van der Waals surface area (Å²) in [6.45, 7) is 9.99. The normalized spacial score (nSPS) is 25.3. The van der Waals surface area contributed by atoms with E-state index >= 15 is 0 Å². The van der Waals surface area contributed by atoms with E-state index in [-0.39, 0.29) is 5.54 Å². The SMILES string of the molecule is CCNC(=NCC1(N(C)C)CCOCC1)NC1CCN(Cc2ccccc2)C(C)C1. The first-order chi connectivity index (χ1) is 14.5. The zero-order chi connectivity index (χ0) is 21.4. The lowest BCUT2D eigenvalue weighted by Crippen LogP contribution is -2.53.